The maximum absolute atomic E-state index is 13.3. The molecular weight excluding hydrogens is 853 g/mol. The molecule has 16 heteroatoms. The molecule has 61 heavy (non-hydrogen) atoms. The van der Waals surface area contributed by atoms with Crippen LogP contribution < -0.4 is 15.4 Å². The fourth-order valence-corrected chi connectivity index (χ4v) is 13.0. The average Bonchev–Trinajstić information content (AvgIpc) is 4.13. The lowest BCUT2D eigenvalue weighted by atomic mass is 10.1. The Morgan fingerprint density at radius 3 is 1.49 bits per heavy atom. The highest BCUT2D eigenvalue weighted by molar-refractivity contribution is 8.02. The lowest BCUT2D eigenvalue weighted by Gasteiger charge is -2.23. The number of sulfonamides is 2. The van der Waals surface area contributed by atoms with Crippen molar-refractivity contribution in [2.75, 3.05) is 31.7 Å². The highest BCUT2D eigenvalue weighted by Gasteiger charge is 2.41. The van der Waals surface area contributed by atoms with Gasteiger partial charge in [0.25, 0.3) is 0 Å². The van der Waals surface area contributed by atoms with Gasteiger partial charge >= 0.3 is 0 Å². The van der Waals surface area contributed by atoms with Crippen molar-refractivity contribution in [3.05, 3.63) is 163 Å². The number of benzene rings is 5. The van der Waals surface area contributed by atoms with Crippen LogP contribution in [0.2, 0.25) is 0 Å². The number of ether oxygens (including phenoxy) is 1. The number of hydrogen-bond acceptors (Lipinski definition) is 10. The number of carbonyl (C=O) groups is 2. The number of nitrogens with zero attached hydrogens (tertiary/aromatic N) is 2. The zero-order chi connectivity index (χ0) is 42.8. The van der Waals surface area contributed by atoms with Crippen LogP contribution in [0.4, 0.5) is 0 Å². The summed E-state index contributed by atoms with van der Waals surface area (Å²) in [7, 11) is -6.00. The zero-order valence-corrected chi connectivity index (χ0v) is 36.4. The minimum absolute atomic E-state index is 0.183. The average molecular weight is 897 g/mol. The van der Waals surface area contributed by atoms with Crippen LogP contribution in [0.25, 0.3) is 22.3 Å². The van der Waals surface area contributed by atoms with E-state index in [2.05, 4.69) is 10.6 Å². The number of thioether (sulfide) groups is 2. The molecule has 2 N–H and O–H groups in total. The maximum atomic E-state index is 13.3. The van der Waals surface area contributed by atoms with Gasteiger partial charge in [-0.3, -0.25) is 9.59 Å². The van der Waals surface area contributed by atoms with Crippen molar-refractivity contribution in [3.8, 4) is 28.0 Å². The zero-order valence-electron chi connectivity index (χ0n) is 33.1. The van der Waals surface area contributed by atoms with Crippen molar-refractivity contribution in [2.45, 2.75) is 33.6 Å². The van der Waals surface area contributed by atoms with Crippen LogP contribution in [0.15, 0.2) is 166 Å². The van der Waals surface area contributed by atoms with Crippen LogP contribution in [0, 0.1) is 0 Å². The maximum Gasteiger partial charge on any atom is 0.249 e. The second-order valence-corrected chi connectivity index (χ2v) is 19.9. The third kappa shape index (κ3) is 10.4. The van der Waals surface area contributed by atoms with E-state index in [-0.39, 0.29) is 34.7 Å². The van der Waals surface area contributed by atoms with Gasteiger partial charge in [-0.05, 0) is 64.7 Å². The van der Waals surface area contributed by atoms with Crippen molar-refractivity contribution in [1.29, 1.82) is 0 Å². The second kappa shape index (κ2) is 20.0. The topological polar surface area (TPSA) is 155 Å². The Hall–Kier alpha value is -5.36. The van der Waals surface area contributed by atoms with Crippen LogP contribution in [-0.2, 0) is 42.7 Å². The minimum atomic E-state index is -3.80. The molecule has 0 aliphatic carbocycles. The molecule has 0 bridgehead atoms. The highest BCUT2D eigenvalue weighted by Crippen LogP contribution is 2.33. The van der Waals surface area contributed by atoms with E-state index in [0.29, 0.717) is 36.1 Å². The van der Waals surface area contributed by atoms with Gasteiger partial charge in [-0.15, -0.1) is 23.5 Å². The minimum Gasteiger partial charge on any atom is -0.496 e. The summed E-state index contributed by atoms with van der Waals surface area (Å²) >= 11 is 2.65. The monoisotopic (exact) mass is 896 g/mol. The third-order valence-corrected chi connectivity index (χ3v) is 16.4. The molecule has 3 heterocycles. The Bertz CT molecular complexity index is 2620. The van der Waals surface area contributed by atoms with Gasteiger partial charge < -0.3 is 19.8 Å². The van der Waals surface area contributed by atoms with Crippen molar-refractivity contribution in [2.24, 2.45) is 0 Å². The first-order chi connectivity index (χ1) is 29.6. The fourth-order valence-electron chi connectivity index (χ4n) is 6.78. The summed E-state index contributed by atoms with van der Waals surface area (Å²) in [5.41, 5.74) is 4.74. The van der Waals surface area contributed by atoms with Crippen LogP contribution in [0.1, 0.15) is 11.3 Å². The molecule has 2 aliphatic heterocycles. The van der Waals surface area contributed by atoms with Gasteiger partial charge in [0.15, 0.2) is 0 Å². The van der Waals surface area contributed by atoms with Gasteiger partial charge in [-0.2, -0.15) is 8.61 Å². The lowest BCUT2D eigenvalue weighted by Crippen LogP contribution is -2.44. The molecule has 8 rings (SSSR count). The van der Waals surface area contributed by atoms with E-state index < -0.39 is 30.8 Å². The van der Waals surface area contributed by atoms with Crippen LogP contribution in [-0.4, -0.2) is 79.7 Å². The molecule has 0 spiro atoms. The van der Waals surface area contributed by atoms with E-state index in [1.165, 1.54) is 38.4 Å². The van der Waals surface area contributed by atoms with Crippen molar-refractivity contribution >= 4 is 55.4 Å². The molecule has 2 aliphatic rings. The van der Waals surface area contributed by atoms with Crippen LogP contribution in [0.3, 0.4) is 0 Å². The van der Waals surface area contributed by atoms with E-state index in [9.17, 15) is 26.4 Å². The van der Waals surface area contributed by atoms with Crippen molar-refractivity contribution in [3.63, 3.8) is 0 Å². The second-order valence-electron chi connectivity index (χ2n) is 13.8. The summed E-state index contributed by atoms with van der Waals surface area (Å²) in [6.07, 6.45) is 1.53. The number of nitrogens with one attached hydrogen (secondary N) is 2. The first-order valence-electron chi connectivity index (χ1n) is 19.3. The van der Waals surface area contributed by atoms with Gasteiger partial charge in [0.2, 0.25) is 31.9 Å². The number of amides is 2. The molecule has 5 aromatic carbocycles. The first kappa shape index (κ1) is 43.7. The van der Waals surface area contributed by atoms with Crippen molar-refractivity contribution < 1.29 is 35.6 Å². The van der Waals surface area contributed by atoms with Gasteiger partial charge in [0.1, 0.15) is 22.3 Å². The van der Waals surface area contributed by atoms with Crippen LogP contribution in [0.5, 0.6) is 5.75 Å². The highest BCUT2D eigenvalue weighted by atomic mass is 32.2. The van der Waals surface area contributed by atoms with Gasteiger partial charge in [-0.1, -0.05) is 103 Å². The molecule has 2 unspecified atom stereocenters. The van der Waals surface area contributed by atoms with E-state index >= 15 is 0 Å². The molecule has 2 saturated heterocycles. The smallest absolute Gasteiger partial charge is 0.249 e. The van der Waals surface area contributed by atoms with E-state index in [4.69, 9.17) is 9.15 Å². The normalized spacial score (nSPS) is 16.9. The molecule has 0 radical (unpaired) electrons. The van der Waals surface area contributed by atoms with E-state index in [1.54, 1.807) is 67.8 Å². The largest absolute Gasteiger partial charge is 0.496 e. The summed E-state index contributed by atoms with van der Waals surface area (Å²) < 4.78 is 65.9. The van der Waals surface area contributed by atoms with E-state index in [0.717, 1.165) is 27.8 Å². The Morgan fingerprint density at radius 1 is 0.590 bits per heavy atom. The summed E-state index contributed by atoms with van der Waals surface area (Å²) in [6, 6.07) is 44.0. The standard InChI is InChI=1S/C24H24N2O4S2.C21H20N2O4S2/c1-30-22-10-6-5-9-20(22)17-25-23(27)24-26(15-16-31-24)32(28,29)21-13-11-19(12-14-21)18-7-3-2-4-8-18;24-20(22-15-18-7-4-13-27-18)21-23(12-14-28-21)29(25,26)19-10-8-17(9-11-19)16-5-2-1-3-6-16/h2-14,24H,15-17H2,1H3,(H,25,27);1-11,13,21H,12,14-15H2,(H,22,24). The molecule has 2 amide bonds. The number of para-hydroxylation sites is 1. The Labute approximate surface area is 364 Å². The van der Waals surface area contributed by atoms with E-state index in [1.807, 2.05) is 84.9 Å². The Balaban J connectivity index is 0.000000185. The number of carbonyl (C=O) groups excluding carboxylic acids is 2. The summed E-state index contributed by atoms with van der Waals surface area (Å²) in [5, 5.41) is 4.01. The molecule has 12 nitrogen and oxygen atoms in total. The molecule has 6 aromatic rings. The summed E-state index contributed by atoms with van der Waals surface area (Å²) in [5.74, 6) is 1.76. The van der Waals surface area contributed by atoms with Gasteiger partial charge in [0, 0.05) is 36.7 Å². The third-order valence-electron chi connectivity index (χ3n) is 9.95. The Morgan fingerprint density at radius 2 is 1.03 bits per heavy atom. The number of furan rings is 1. The molecule has 2 fully saturated rings. The lowest BCUT2D eigenvalue weighted by molar-refractivity contribution is -0.123. The predicted octanol–water partition coefficient (Wildman–Crippen LogP) is 7.07. The predicted molar refractivity (Wildman–Crippen MR) is 239 cm³/mol. The number of methoxy groups -OCH3 is 1. The van der Waals surface area contributed by atoms with Gasteiger partial charge in [-0.25, -0.2) is 16.8 Å². The molecule has 316 valence electrons. The van der Waals surface area contributed by atoms with Gasteiger partial charge in [0.05, 0.1) is 29.7 Å². The Kier molecular flexibility index (Phi) is 14.3. The fraction of sp³-hybridized carbons (Fsp3) is 0.200. The molecule has 0 saturated carbocycles. The molecule has 1 aromatic heterocycles. The SMILES string of the molecule is COc1ccccc1CNC(=O)C1SCCN1S(=O)(=O)c1ccc(-c2ccccc2)cc1.O=C(NCc1ccco1)C1SCCN1S(=O)(=O)c1ccc(-c2ccccc2)cc1. The summed E-state index contributed by atoms with van der Waals surface area (Å²) in [6.45, 7) is 1.08. The first-order valence-corrected chi connectivity index (χ1v) is 24.3. The summed E-state index contributed by atoms with van der Waals surface area (Å²) in [4.78, 5) is 25.8. The van der Waals surface area contributed by atoms with Crippen molar-refractivity contribution in [1.82, 2.24) is 19.2 Å². The molecule has 2 atom stereocenters. The molecular formula is C45H44N4O8S4. The van der Waals surface area contributed by atoms with Crippen LogP contribution >= 0.6 is 23.5 Å². The quantitative estimate of drug-likeness (QED) is 0.123. The number of hydrogen-bond donors (Lipinski definition) is 2. The number of rotatable bonds is 13.